The predicted molar refractivity (Wildman–Crippen MR) is 74.7 cm³/mol. The number of rotatable bonds is 6. The van der Waals surface area contributed by atoms with Crippen LogP contribution >= 0.6 is 11.6 Å². The van der Waals surface area contributed by atoms with Gasteiger partial charge in [0.15, 0.2) is 0 Å². The van der Waals surface area contributed by atoms with Crippen molar-refractivity contribution in [2.75, 3.05) is 19.0 Å². The molecule has 0 bridgehead atoms. The van der Waals surface area contributed by atoms with Crippen molar-refractivity contribution < 1.29 is 9.72 Å². The number of nitro benzene ring substituents is 1. The van der Waals surface area contributed by atoms with Crippen molar-refractivity contribution in [3.63, 3.8) is 0 Å². The Bertz CT molecular complexity index is 477. The molecule has 0 aliphatic carbocycles. The van der Waals surface area contributed by atoms with Crippen molar-refractivity contribution in [3.8, 4) is 0 Å². The summed E-state index contributed by atoms with van der Waals surface area (Å²) in [4.78, 5) is 24.2. The maximum Gasteiger partial charge on any atom is 0.270 e. The normalized spacial score (nSPS) is 10.3. The molecule has 6 heteroatoms. The first kappa shape index (κ1) is 15.4. The Balaban J connectivity index is 3.00. The first-order chi connectivity index (χ1) is 8.99. The molecule has 0 atom stereocenters. The Morgan fingerprint density at radius 2 is 2.11 bits per heavy atom. The van der Waals surface area contributed by atoms with E-state index in [1.165, 1.54) is 12.1 Å². The first-order valence-corrected chi connectivity index (χ1v) is 6.64. The summed E-state index contributed by atoms with van der Waals surface area (Å²) in [5, 5.41) is 10.8. The molecule has 0 fully saturated rings. The average molecular weight is 285 g/mol. The smallest absolute Gasteiger partial charge is 0.270 e. The number of nitrogens with zero attached hydrogens (tertiary/aromatic N) is 2. The van der Waals surface area contributed by atoms with E-state index in [4.69, 9.17) is 11.6 Å². The maximum atomic E-state index is 12.3. The number of non-ortho nitro benzene ring substituents is 1. The van der Waals surface area contributed by atoms with Crippen molar-refractivity contribution >= 4 is 23.2 Å². The van der Waals surface area contributed by atoms with Gasteiger partial charge in [0.25, 0.3) is 11.6 Å². The first-order valence-electron chi connectivity index (χ1n) is 6.11. The molecule has 0 N–H and O–H groups in total. The van der Waals surface area contributed by atoms with Gasteiger partial charge >= 0.3 is 0 Å². The zero-order valence-electron chi connectivity index (χ0n) is 11.1. The lowest BCUT2D eigenvalue weighted by atomic mass is 10.1. The highest BCUT2D eigenvalue weighted by Crippen LogP contribution is 2.18. The Morgan fingerprint density at radius 1 is 1.42 bits per heavy atom. The standard InChI is InChI=1S/C13H17ClN2O3/c1-3-15(6-4-5-14)13(17)11-7-10(2)8-12(9-11)16(18)19/h7-9H,3-6H2,1-2H3. The van der Waals surface area contributed by atoms with Crippen LogP contribution in [0.5, 0.6) is 0 Å². The fourth-order valence-electron chi connectivity index (χ4n) is 1.83. The minimum absolute atomic E-state index is 0.0586. The van der Waals surface area contributed by atoms with E-state index in [1.807, 2.05) is 6.92 Å². The van der Waals surface area contributed by atoms with E-state index in [0.29, 0.717) is 36.5 Å². The molecule has 1 aromatic rings. The summed E-state index contributed by atoms with van der Waals surface area (Å²) in [5.41, 5.74) is 0.991. The molecule has 0 aliphatic rings. The number of carbonyl (C=O) groups is 1. The molecule has 0 saturated heterocycles. The lowest BCUT2D eigenvalue weighted by Crippen LogP contribution is -2.32. The number of amides is 1. The second-order valence-corrected chi connectivity index (χ2v) is 4.62. The lowest BCUT2D eigenvalue weighted by Gasteiger charge is -2.20. The van der Waals surface area contributed by atoms with Crippen LogP contribution < -0.4 is 0 Å². The topological polar surface area (TPSA) is 63.5 Å². The zero-order valence-corrected chi connectivity index (χ0v) is 11.8. The second kappa shape index (κ2) is 7.09. The monoisotopic (exact) mass is 284 g/mol. The van der Waals surface area contributed by atoms with Crippen LogP contribution in [-0.2, 0) is 0 Å². The molecule has 0 saturated carbocycles. The van der Waals surface area contributed by atoms with Crippen LogP contribution in [0.25, 0.3) is 0 Å². The molecule has 104 valence electrons. The van der Waals surface area contributed by atoms with Crippen LogP contribution in [0.4, 0.5) is 5.69 Å². The van der Waals surface area contributed by atoms with Gasteiger partial charge in [-0.1, -0.05) is 0 Å². The summed E-state index contributed by atoms with van der Waals surface area (Å²) in [6.45, 7) is 4.72. The summed E-state index contributed by atoms with van der Waals surface area (Å²) in [6, 6.07) is 4.43. The van der Waals surface area contributed by atoms with Crippen LogP contribution in [0.1, 0.15) is 29.3 Å². The minimum Gasteiger partial charge on any atom is -0.339 e. The van der Waals surface area contributed by atoms with Crippen molar-refractivity contribution in [1.82, 2.24) is 4.90 Å². The van der Waals surface area contributed by atoms with E-state index < -0.39 is 4.92 Å². The van der Waals surface area contributed by atoms with Crippen molar-refractivity contribution in [1.29, 1.82) is 0 Å². The number of halogens is 1. The van der Waals surface area contributed by atoms with E-state index in [0.717, 1.165) is 0 Å². The van der Waals surface area contributed by atoms with E-state index in [2.05, 4.69) is 0 Å². The van der Waals surface area contributed by atoms with Gasteiger partial charge in [-0.15, -0.1) is 11.6 Å². The fraction of sp³-hybridized carbons (Fsp3) is 0.462. The van der Waals surface area contributed by atoms with Gasteiger partial charge in [0.2, 0.25) is 0 Å². The Labute approximate surface area is 117 Å². The molecule has 0 aliphatic heterocycles. The molecule has 1 aromatic carbocycles. The third-order valence-electron chi connectivity index (χ3n) is 2.75. The van der Waals surface area contributed by atoms with E-state index in [9.17, 15) is 14.9 Å². The molecule has 0 heterocycles. The van der Waals surface area contributed by atoms with Gasteiger partial charge in [-0.05, 0) is 31.9 Å². The van der Waals surface area contributed by atoms with Crippen molar-refractivity contribution in [2.24, 2.45) is 0 Å². The number of hydrogen-bond acceptors (Lipinski definition) is 3. The van der Waals surface area contributed by atoms with E-state index in [1.54, 1.807) is 17.9 Å². The molecule has 5 nitrogen and oxygen atoms in total. The quantitative estimate of drug-likeness (QED) is 0.458. The SMILES string of the molecule is CCN(CCCCl)C(=O)c1cc(C)cc([N+](=O)[O-])c1. The summed E-state index contributed by atoms with van der Waals surface area (Å²) in [6.07, 6.45) is 0.703. The highest BCUT2D eigenvalue weighted by molar-refractivity contribution is 6.17. The molecule has 1 rings (SSSR count). The molecule has 19 heavy (non-hydrogen) atoms. The van der Waals surface area contributed by atoms with Gasteiger partial charge in [0.1, 0.15) is 0 Å². The Kier molecular flexibility index (Phi) is 5.76. The van der Waals surface area contributed by atoms with Crippen LogP contribution in [0.3, 0.4) is 0 Å². The van der Waals surface area contributed by atoms with Gasteiger partial charge in [-0.2, -0.15) is 0 Å². The number of alkyl halides is 1. The molecule has 1 amide bonds. The largest absolute Gasteiger partial charge is 0.339 e. The highest BCUT2D eigenvalue weighted by Gasteiger charge is 2.17. The number of carbonyl (C=O) groups excluding carboxylic acids is 1. The summed E-state index contributed by atoms with van der Waals surface area (Å²) in [7, 11) is 0. The number of aryl methyl sites for hydroxylation is 1. The van der Waals surface area contributed by atoms with E-state index >= 15 is 0 Å². The number of nitro groups is 1. The van der Waals surface area contributed by atoms with Gasteiger partial charge in [-0.3, -0.25) is 14.9 Å². The minimum atomic E-state index is -0.487. The summed E-state index contributed by atoms with van der Waals surface area (Å²) in [5.74, 6) is 0.289. The molecular weight excluding hydrogens is 268 g/mol. The third-order valence-corrected chi connectivity index (χ3v) is 3.02. The Morgan fingerprint density at radius 3 is 2.63 bits per heavy atom. The predicted octanol–water partition coefficient (Wildman–Crippen LogP) is 2.99. The molecule has 0 radical (unpaired) electrons. The van der Waals surface area contributed by atoms with Gasteiger partial charge in [0, 0.05) is 36.7 Å². The maximum absolute atomic E-state index is 12.3. The molecule has 0 aromatic heterocycles. The zero-order chi connectivity index (χ0) is 14.4. The van der Waals surface area contributed by atoms with Crippen LogP contribution in [-0.4, -0.2) is 34.7 Å². The van der Waals surface area contributed by atoms with Crippen LogP contribution in [0.15, 0.2) is 18.2 Å². The summed E-state index contributed by atoms with van der Waals surface area (Å²) < 4.78 is 0. The summed E-state index contributed by atoms with van der Waals surface area (Å²) >= 11 is 5.62. The number of hydrogen-bond donors (Lipinski definition) is 0. The van der Waals surface area contributed by atoms with Crippen molar-refractivity contribution in [3.05, 3.63) is 39.4 Å². The molecular formula is C13H17ClN2O3. The Hall–Kier alpha value is -1.62. The van der Waals surface area contributed by atoms with Gasteiger partial charge in [-0.25, -0.2) is 0 Å². The highest BCUT2D eigenvalue weighted by atomic mass is 35.5. The van der Waals surface area contributed by atoms with Gasteiger partial charge in [0.05, 0.1) is 4.92 Å². The van der Waals surface area contributed by atoms with Gasteiger partial charge < -0.3 is 4.90 Å². The number of benzene rings is 1. The lowest BCUT2D eigenvalue weighted by molar-refractivity contribution is -0.384. The molecule has 0 unspecified atom stereocenters. The second-order valence-electron chi connectivity index (χ2n) is 4.24. The van der Waals surface area contributed by atoms with E-state index in [-0.39, 0.29) is 11.6 Å². The molecule has 0 spiro atoms. The van der Waals surface area contributed by atoms with Crippen molar-refractivity contribution in [2.45, 2.75) is 20.3 Å². The fourth-order valence-corrected chi connectivity index (χ4v) is 1.95. The average Bonchev–Trinajstić information content (AvgIpc) is 2.38. The van der Waals surface area contributed by atoms with Crippen LogP contribution in [0, 0.1) is 17.0 Å². The van der Waals surface area contributed by atoms with Crippen LogP contribution in [0.2, 0.25) is 0 Å². The third kappa shape index (κ3) is 4.21.